The van der Waals surface area contributed by atoms with Crippen LogP contribution in [0.25, 0.3) is 0 Å². The van der Waals surface area contributed by atoms with Gasteiger partial charge in [-0.15, -0.1) is 0 Å². The minimum absolute atomic E-state index is 0.154. The fourth-order valence-corrected chi connectivity index (χ4v) is 6.40. The van der Waals surface area contributed by atoms with Crippen molar-refractivity contribution in [2.24, 2.45) is 5.41 Å². The molecule has 8 heteroatoms. The molecule has 2 aliphatic rings. The van der Waals surface area contributed by atoms with E-state index in [1.807, 2.05) is 61.5 Å². The number of benzene rings is 3. The quantitative estimate of drug-likeness (QED) is 0.101. The Morgan fingerprint density at radius 1 is 0.681 bits per heavy atom. The third-order valence-electron chi connectivity index (χ3n) is 8.99. The van der Waals surface area contributed by atoms with E-state index in [4.69, 9.17) is 23.7 Å². The molecule has 5 rings (SSSR count). The Morgan fingerprint density at radius 2 is 1.11 bits per heavy atom. The van der Waals surface area contributed by atoms with Crippen LogP contribution in [0.5, 0.6) is 0 Å². The van der Waals surface area contributed by atoms with Crippen LogP contribution in [-0.2, 0) is 38.8 Å². The van der Waals surface area contributed by atoms with Crippen molar-refractivity contribution in [3.8, 4) is 0 Å². The van der Waals surface area contributed by atoms with Gasteiger partial charge in [0.25, 0.3) is 0 Å². The first-order valence-corrected chi connectivity index (χ1v) is 17.1. The van der Waals surface area contributed by atoms with Gasteiger partial charge >= 0.3 is 5.97 Å². The molecule has 1 spiro atoms. The number of carbonyl (C=O) groups is 2. The molecule has 47 heavy (non-hydrogen) atoms. The Bertz CT molecular complexity index is 1250. The smallest absolute Gasteiger partial charge is 0.305 e. The van der Waals surface area contributed by atoms with E-state index < -0.39 is 5.54 Å². The highest BCUT2D eigenvalue weighted by molar-refractivity contribution is 5.80. The summed E-state index contributed by atoms with van der Waals surface area (Å²) in [7, 11) is 0. The predicted octanol–water partition coefficient (Wildman–Crippen LogP) is 6.55. The van der Waals surface area contributed by atoms with Crippen LogP contribution >= 0.6 is 0 Å². The zero-order chi connectivity index (χ0) is 32.8. The minimum Gasteiger partial charge on any atom is -0.466 e. The second-order valence-electron chi connectivity index (χ2n) is 12.6. The van der Waals surface area contributed by atoms with Crippen LogP contribution in [-0.4, -0.2) is 63.9 Å². The summed E-state index contributed by atoms with van der Waals surface area (Å²) in [6.45, 7) is 4.59. The number of ether oxygens (including phenoxy) is 5. The highest BCUT2D eigenvalue weighted by atomic mass is 16.7. The number of nitrogens with one attached hydrogen (secondary N) is 1. The molecular formula is C39H49NO7. The third kappa shape index (κ3) is 9.58. The third-order valence-corrected chi connectivity index (χ3v) is 8.99. The van der Waals surface area contributed by atoms with Crippen LogP contribution in [0.3, 0.4) is 0 Å². The number of rotatable bonds is 17. The Kier molecular flexibility index (Phi) is 13.1. The molecule has 0 unspecified atom stereocenters. The van der Waals surface area contributed by atoms with Crippen molar-refractivity contribution in [2.75, 3.05) is 39.6 Å². The number of carbonyl (C=O) groups excluding carboxylic acids is 2. The Balaban J connectivity index is 1.04. The fourth-order valence-electron chi connectivity index (χ4n) is 6.40. The van der Waals surface area contributed by atoms with Gasteiger partial charge in [-0.05, 0) is 62.1 Å². The van der Waals surface area contributed by atoms with Gasteiger partial charge in [-0.1, -0.05) is 91.0 Å². The van der Waals surface area contributed by atoms with Gasteiger partial charge in [-0.3, -0.25) is 14.9 Å². The van der Waals surface area contributed by atoms with Gasteiger partial charge in [0.1, 0.15) is 5.78 Å². The summed E-state index contributed by atoms with van der Waals surface area (Å²) in [4.78, 5) is 24.7. The van der Waals surface area contributed by atoms with Crippen molar-refractivity contribution in [2.45, 2.75) is 76.4 Å². The number of Topliss-reactive ketones (excluding diaryl/α,β-unsaturated/α-hetero) is 1. The Hall–Kier alpha value is -3.40. The molecule has 0 saturated carbocycles. The van der Waals surface area contributed by atoms with E-state index >= 15 is 0 Å². The van der Waals surface area contributed by atoms with E-state index in [0.29, 0.717) is 45.9 Å². The molecule has 0 atom stereocenters. The lowest BCUT2D eigenvalue weighted by molar-refractivity contribution is -0.304. The van der Waals surface area contributed by atoms with Gasteiger partial charge < -0.3 is 23.7 Å². The van der Waals surface area contributed by atoms with Crippen LogP contribution in [0.4, 0.5) is 0 Å². The molecule has 2 aliphatic heterocycles. The monoisotopic (exact) mass is 643 g/mol. The molecule has 0 radical (unpaired) electrons. The maximum atomic E-state index is 13.2. The summed E-state index contributed by atoms with van der Waals surface area (Å²) in [5, 5.41) is 3.69. The molecule has 0 aliphatic carbocycles. The average Bonchev–Trinajstić information content (AvgIpc) is 3.12. The highest BCUT2D eigenvalue weighted by Crippen LogP contribution is 2.37. The van der Waals surface area contributed by atoms with Crippen molar-refractivity contribution in [1.82, 2.24) is 5.32 Å². The molecule has 3 aromatic carbocycles. The maximum absolute atomic E-state index is 13.2. The molecule has 0 amide bonds. The maximum Gasteiger partial charge on any atom is 0.305 e. The van der Waals surface area contributed by atoms with Gasteiger partial charge in [0.05, 0.1) is 50.5 Å². The van der Waals surface area contributed by atoms with Gasteiger partial charge in [0.15, 0.2) is 12.6 Å². The lowest BCUT2D eigenvalue weighted by Gasteiger charge is -2.43. The first kappa shape index (κ1) is 34.9. The molecule has 1 N–H and O–H groups in total. The molecule has 8 nitrogen and oxygen atoms in total. The second-order valence-corrected chi connectivity index (χ2v) is 12.6. The van der Waals surface area contributed by atoms with Crippen LogP contribution in [0.2, 0.25) is 0 Å². The topological polar surface area (TPSA) is 92.3 Å². The molecule has 0 bridgehead atoms. The lowest BCUT2D eigenvalue weighted by Crippen LogP contribution is -2.52. The summed E-state index contributed by atoms with van der Waals surface area (Å²) in [5.74, 6) is 0.0210. The van der Waals surface area contributed by atoms with Gasteiger partial charge in [-0.2, -0.15) is 0 Å². The minimum atomic E-state index is -0.657. The van der Waals surface area contributed by atoms with Crippen molar-refractivity contribution in [3.05, 3.63) is 108 Å². The molecular weight excluding hydrogens is 594 g/mol. The van der Waals surface area contributed by atoms with E-state index in [1.54, 1.807) is 0 Å². The van der Waals surface area contributed by atoms with E-state index in [2.05, 4.69) is 41.7 Å². The molecule has 2 saturated heterocycles. The van der Waals surface area contributed by atoms with Crippen LogP contribution < -0.4 is 5.32 Å². The van der Waals surface area contributed by atoms with Gasteiger partial charge in [0.2, 0.25) is 0 Å². The van der Waals surface area contributed by atoms with E-state index in [1.165, 1.54) is 0 Å². The standard InChI is InChI=1S/C39H49NO7/c1-2-43-35(42)23-13-15-25-37-46-29-38(30-47-37)27-44-36(45-28-38)24-14-12-22-34(41)26-40-39(31-16-6-3-7-17-31,32-18-8-4-9-19-32)33-20-10-5-11-21-33/h3-11,16-21,36-37,40H,2,12-15,22-30H2,1H3. The van der Waals surface area contributed by atoms with Gasteiger partial charge in [0, 0.05) is 12.8 Å². The number of hydrogen-bond donors (Lipinski definition) is 1. The van der Waals surface area contributed by atoms with Gasteiger partial charge in [-0.25, -0.2) is 0 Å². The van der Waals surface area contributed by atoms with Crippen molar-refractivity contribution >= 4 is 11.8 Å². The first-order valence-electron chi connectivity index (χ1n) is 17.1. The second kappa shape index (κ2) is 17.7. The van der Waals surface area contributed by atoms with E-state index in [0.717, 1.165) is 55.2 Å². The average molecular weight is 644 g/mol. The Morgan fingerprint density at radius 3 is 1.53 bits per heavy atom. The van der Waals surface area contributed by atoms with Crippen LogP contribution in [0.1, 0.15) is 75.0 Å². The summed E-state index contributed by atoms with van der Waals surface area (Å²) >= 11 is 0. The van der Waals surface area contributed by atoms with Crippen LogP contribution in [0, 0.1) is 5.41 Å². The largest absolute Gasteiger partial charge is 0.466 e. The molecule has 3 aromatic rings. The summed E-state index contributed by atoms with van der Waals surface area (Å²) in [6, 6.07) is 31.0. The van der Waals surface area contributed by atoms with E-state index in [-0.39, 0.29) is 36.3 Å². The van der Waals surface area contributed by atoms with Crippen molar-refractivity contribution in [1.29, 1.82) is 0 Å². The van der Waals surface area contributed by atoms with Crippen molar-refractivity contribution in [3.63, 3.8) is 0 Å². The normalized spacial score (nSPS) is 21.4. The van der Waals surface area contributed by atoms with E-state index in [9.17, 15) is 9.59 Å². The molecule has 2 fully saturated rings. The zero-order valence-electron chi connectivity index (χ0n) is 27.6. The summed E-state index contributed by atoms with van der Waals surface area (Å²) in [6.07, 6.45) is 5.08. The predicted molar refractivity (Wildman–Crippen MR) is 180 cm³/mol. The van der Waals surface area contributed by atoms with Crippen LogP contribution in [0.15, 0.2) is 91.0 Å². The number of esters is 1. The lowest BCUT2D eigenvalue weighted by atomic mass is 9.77. The number of unbranched alkanes of at least 4 members (excludes halogenated alkanes) is 2. The Labute approximate surface area is 279 Å². The molecule has 252 valence electrons. The molecule has 2 heterocycles. The highest BCUT2D eigenvalue weighted by Gasteiger charge is 2.42. The van der Waals surface area contributed by atoms with Crippen molar-refractivity contribution < 1.29 is 33.3 Å². The molecule has 0 aromatic heterocycles. The number of ketones is 1. The SMILES string of the molecule is CCOC(=O)CCCCC1OCC2(COC(CCCCC(=O)CNC(c3ccccc3)(c3ccccc3)c3ccccc3)OC2)CO1. The fraction of sp³-hybridized carbons (Fsp3) is 0.487. The number of hydrogen-bond acceptors (Lipinski definition) is 8. The zero-order valence-corrected chi connectivity index (χ0v) is 27.6. The summed E-state index contributed by atoms with van der Waals surface area (Å²) < 4.78 is 29.1. The summed E-state index contributed by atoms with van der Waals surface area (Å²) in [5.41, 5.74) is 2.32. The first-order chi connectivity index (χ1) is 23.0.